The molecule has 7 nitrogen and oxygen atoms in total. The largest absolute Gasteiger partial charge is 0.551 e. The Morgan fingerprint density at radius 1 is 1.00 bits per heavy atom. The van der Waals surface area contributed by atoms with E-state index in [0.29, 0.717) is 0 Å². The molecule has 0 bridgehead atoms. The number of esters is 1. The lowest BCUT2D eigenvalue weighted by atomic mass is 10.3. The molecule has 0 rings (SSSR count). The summed E-state index contributed by atoms with van der Waals surface area (Å²) in [6.45, 7) is 1.87. The zero-order chi connectivity index (χ0) is 12.4. The van der Waals surface area contributed by atoms with Gasteiger partial charge >= 0.3 is 18.1 Å². The number of ether oxygens (including phenoxy) is 2. The summed E-state index contributed by atoms with van der Waals surface area (Å²) in [7, 11) is 0. The average molecular weight is 255 g/mol. The maximum atomic E-state index is 10.9. The highest BCUT2D eigenvalue weighted by molar-refractivity contribution is 6.17. The third-order valence-electron chi connectivity index (χ3n) is 1.21. The van der Waals surface area contributed by atoms with E-state index in [9.17, 15) is 14.4 Å². The second kappa shape index (κ2) is 8.78. The first kappa shape index (κ1) is 14.5. The second-order valence-electron chi connectivity index (χ2n) is 2.35. The van der Waals surface area contributed by atoms with Gasteiger partial charge in [0.25, 0.3) is 0 Å². The molecule has 0 radical (unpaired) electrons. The minimum Gasteiger partial charge on any atom is -0.466 e. The number of hydrogen-bond acceptors (Lipinski definition) is 7. The Kier molecular flexibility index (Phi) is 7.96. The molecule has 0 N–H and O–H groups in total. The van der Waals surface area contributed by atoms with E-state index in [2.05, 4.69) is 19.2 Å². The summed E-state index contributed by atoms with van der Waals surface area (Å²) in [5.41, 5.74) is 0. The van der Waals surface area contributed by atoms with Gasteiger partial charge in [-0.05, 0) is 6.92 Å². The van der Waals surface area contributed by atoms with Crippen LogP contribution in [0.2, 0.25) is 0 Å². The molecule has 0 aliphatic carbocycles. The molecular formula is C8H11ClO7. The molecule has 92 valence electrons. The molecule has 0 fully saturated rings. The van der Waals surface area contributed by atoms with Crippen molar-refractivity contribution in [1.82, 2.24) is 0 Å². The predicted octanol–water partition coefficient (Wildman–Crippen LogP) is 1.14. The molecule has 0 saturated carbocycles. The quantitative estimate of drug-likeness (QED) is 0.314. The van der Waals surface area contributed by atoms with Crippen molar-refractivity contribution >= 4 is 29.7 Å². The van der Waals surface area contributed by atoms with E-state index in [1.807, 2.05) is 0 Å². The van der Waals surface area contributed by atoms with E-state index in [4.69, 9.17) is 11.6 Å². The molecule has 0 atom stereocenters. The van der Waals surface area contributed by atoms with Crippen LogP contribution in [-0.2, 0) is 28.8 Å². The molecule has 0 aliphatic rings. The van der Waals surface area contributed by atoms with Crippen LogP contribution in [0, 0.1) is 0 Å². The number of alkyl halides is 1. The van der Waals surface area contributed by atoms with Gasteiger partial charge in [0.2, 0.25) is 0 Å². The van der Waals surface area contributed by atoms with Crippen molar-refractivity contribution in [3.05, 3.63) is 0 Å². The highest BCUT2D eigenvalue weighted by atomic mass is 35.5. The lowest BCUT2D eigenvalue weighted by Crippen LogP contribution is -2.14. The van der Waals surface area contributed by atoms with E-state index >= 15 is 0 Å². The van der Waals surface area contributed by atoms with Gasteiger partial charge in [0.1, 0.15) is 0 Å². The summed E-state index contributed by atoms with van der Waals surface area (Å²) >= 11 is 5.02. The summed E-state index contributed by atoms with van der Waals surface area (Å²) in [6.07, 6.45) is -1.65. The number of carbonyl (C=O) groups excluding carboxylic acids is 3. The van der Waals surface area contributed by atoms with Gasteiger partial charge in [0.05, 0.1) is 19.4 Å². The molecule has 0 aliphatic heterocycles. The summed E-state index contributed by atoms with van der Waals surface area (Å²) in [6, 6.07) is -0.417. The average Bonchev–Trinajstić information content (AvgIpc) is 2.24. The van der Waals surface area contributed by atoms with Gasteiger partial charge < -0.3 is 9.47 Å². The number of carbonyl (C=O) groups is 3. The number of hydrogen-bond donors (Lipinski definition) is 0. The van der Waals surface area contributed by atoms with Crippen LogP contribution >= 0.6 is 11.6 Å². The van der Waals surface area contributed by atoms with Gasteiger partial charge in [-0.15, -0.1) is 0 Å². The Morgan fingerprint density at radius 3 is 2.19 bits per heavy atom. The summed E-state index contributed by atoms with van der Waals surface area (Å²) in [4.78, 5) is 40.1. The highest BCUT2D eigenvalue weighted by Crippen LogP contribution is 1.97. The van der Waals surface area contributed by atoms with Crippen molar-refractivity contribution in [2.45, 2.75) is 19.8 Å². The zero-order valence-corrected chi connectivity index (χ0v) is 9.32. The van der Waals surface area contributed by atoms with Crippen LogP contribution in [0.3, 0.4) is 0 Å². The molecule has 0 aromatic carbocycles. The fourth-order valence-electron chi connectivity index (χ4n) is 0.628. The maximum Gasteiger partial charge on any atom is 0.551 e. The molecule has 0 spiro atoms. The first-order valence-corrected chi connectivity index (χ1v) is 4.89. The Bertz CT molecular complexity index is 229. The Labute approximate surface area is 96.5 Å². The molecule has 0 unspecified atom stereocenters. The van der Waals surface area contributed by atoms with Crippen molar-refractivity contribution < 1.29 is 33.6 Å². The lowest BCUT2D eigenvalue weighted by molar-refractivity contribution is -0.242. The minimum absolute atomic E-state index is 0.152. The van der Waals surface area contributed by atoms with Crippen LogP contribution < -0.4 is 0 Å². The van der Waals surface area contributed by atoms with Crippen molar-refractivity contribution in [2.75, 3.05) is 12.7 Å². The monoisotopic (exact) mass is 254 g/mol. The molecule has 0 amide bonds. The van der Waals surface area contributed by atoms with E-state index in [0.717, 1.165) is 0 Å². The molecular weight excluding hydrogens is 244 g/mol. The standard InChI is InChI=1S/C8H11ClO7/c1-2-13-6(10)3-4-7(11)15-16-8(12)14-5-9/h2-5H2,1H3. The van der Waals surface area contributed by atoms with Gasteiger partial charge in [0.15, 0.2) is 6.07 Å². The minimum atomic E-state index is -1.24. The molecule has 0 aromatic rings. The SMILES string of the molecule is CCOC(=O)CCC(=O)OOC(=O)OCCl. The van der Waals surface area contributed by atoms with Crippen molar-refractivity contribution in [2.24, 2.45) is 0 Å². The van der Waals surface area contributed by atoms with Crippen molar-refractivity contribution in [1.29, 1.82) is 0 Å². The zero-order valence-electron chi connectivity index (χ0n) is 8.56. The van der Waals surface area contributed by atoms with Crippen LogP contribution in [0.5, 0.6) is 0 Å². The van der Waals surface area contributed by atoms with E-state index in [1.165, 1.54) is 0 Å². The van der Waals surface area contributed by atoms with Gasteiger partial charge in [-0.25, -0.2) is 14.6 Å². The number of rotatable bonds is 5. The van der Waals surface area contributed by atoms with E-state index < -0.39 is 24.2 Å². The van der Waals surface area contributed by atoms with Gasteiger partial charge in [-0.3, -0.25) is 4.79 Å². The number of halogens is 1. The second-order valence-corrected chi connectivity index (χ2v) is 2.57. The normalized spacial score (nSPS) is 9.12. The summed E-state index contributed by atoms with van der Waals surface area (Å²) < 4.78 is 8.65. The van der Waals surface area contributed by atoms with Crippen LogP contribution in [-0.4, -0.2) is 30.8 Å². The van der Waals surface area contributed by atoms with Crippen LogP contribution in [0.25, 0.3) is 0 Å². The van der Waals surface area contributed by atoms with E-state index in [1.54, 1.807) is 6.92 Å². The Hall–Kier alpha value is -1.50. The van der Waals surface area contributed by atoms with Crippen molar-refractivity contribution in [3.63, 3.8) is 0 Å². The summed E-state index contributed by atoms with van der Waals surface area (Å²) in [5, 5.41) is 0. The molecule has 0 saturated heterocycles. The highest BCUT2D eigenvalue weighted by Gasteiger charge is 2.12. The van der Waals surface area contributed by atoms with Crippen LogP contribution in [0.1, 0.15) is 19.8 Å². The molecule has 16 heavy (non-hydrogen) atoms. The first-order valence-electron chi connectivity index (χ1n) is 4.35. The van der Waals surface area contributed by atoms with Gasteiger partial charge in [0, 0.05) is 0 Å². The van der Waals surface area contributed by atoms with E-state index in [-0.39, 0.29) is 19.4 Å². The van der Waals surface area contributed by atoms with Gasteiger partial charge in [-0.2, -0.15) is 4.79 Å². The molecule has 8 heteroatoms. The van der Waals surface area contributed by atoms with Crippen molar-refractivity contribution in [3.8, 4) is 0 Å². The summed E-state index contributed by atoms with van der Waals surface area (Å²) in [5.74, 6) is -1.43. The topological polar surface area (TPSA) is 88.1 Å². The Balaban J connectivity index is 3.59. The lowest BCUT2D eigenvalue weighted by Gasteiger charge is -2.02. The smallest absolute Gasteiger partial charge is 0.466 e. The third kappa shape index (κ3) is 7.86. The molecule has 0 heterocycles. The third-order valence-corrected chi connectivity index (χ3v) is 1.32. The molecule has 0 aromatic heterocycles. The maximum absolute atomic E-state index is 10.9. The van der Waals surface area contributed by atoms with Crippen LogP contribution in [0.15, 0.2) is 0 Å². The first-order chi connectivity index (χ1) is 7.60. The van der Waals surface area contributed by atoms with Gasteiger partial charge in [-0.1, -0.05) is 11.6 Å². The fraction of sp³-hybridized carbons (Fsp3) is 0.625. The van der Waals surface area contributed by atoms with Crippen LogP contribution in [0.4, 0.5) is 4.79 Å². The predicted molar refractivity (Wildman–Crippen MR) is 50.2 cm³/mol. The fourth-order valence-corrected chi connectivity index (χ4v) is 0.717. The Morgan fingerprint density at radius 2 is 1.62 bits per heavy atom.